The lowest BCUT2D eigenvalue weighted by Crippen LogP contribution is -2.47. The molecule has 2 amide bonds. The summed E-state index contributed by atoms with van der Waals surface area (Å²) in [6.45, 7) is 10.7. The summed E-state index contributed by atoms with van der Waals surface area (Å²) in [5.41, 5.74) is -1.87. The molecule has 0 aliphatic rings. The Morgan fingerprint density at radius 1 is 0.596 bits per heavy atom. The van der Waals surface area contributed by atoms with E-state index < -0.39 is 46.7 Å². The number of carbonyl (C=O) groups is 4. The summed E-state index contributed by atoms with van der Waals surface area (Å²) >= 11 is 0. The number of unbranched alkanes of at least 4 members (excludes halogenated alkanes) is 16. The molecule has 0 radical (unpaired) electrons. The first-order chi connectivity index (χ1) is 24.6. The summed E-state index contributed by atoms with van der Waals surface area (Å²) in [4.78, 5) is 46.6. The van der Waals surface area contributed by atoms with Crippen LogP contribution in [0.2, 0.25) is 0 Å². The fourth-order valence-corrected chi connectivity index (χ4v) is 5.27. The molecule has 0 aliphatic heterocycles. The molecule has 0 aromatic carbocycles. The highest BCUT2D eigenvalue weighted by atomic mass is 16.5. The van der Waals surface area contributed by atoms with Crippen LogP contribution in [0.15, 0.2) is 0 Å². The lowest BCUT2D eigenvalue weighted by atomic mass is 9.87. The Hall–Kier alpha value is -2.28. The third-order valence-corrected chi connectivity index (χ3v) is 9.46. The van der Waals surface area contributed by atoms with Crippen LogP contribution in [0.25, 0.3) is 0 Å². The maximum atomic E-state index is 11.9. The Bertz CT molecular complexity index is 926. The van der Waals surface area contributed by atoms with Crippen LogP contribution < -0.4 is 10.6 Å². The van der Waals surface area contributed by atoms with Gasteiger partial charge in [-0.25, -0.2) is 0 Å². The first-order valence-corrected chi connectivity index (χ1v) is 20.1. The number of esters is 1. The van der Waals surface area contributed by atoms with Crippen molar-refractivity contribution in [2.75, 3.05) is 32.9 Å². The van der Waals surface area contributed by atoms with Gasteiger partial charge < -0.3 is 40.9 Å². The monoisotopic (exact) mass is 747 g/mol. The maximum absolute atomic E-state index is 11.9. The summed E-state index contributed by atoms with van der Waals surface area (Å²) < 4.78 is 5.14. The second kappa shape index (κ2) is 32.2. The van der Waals surface area contributed by atoms with Gasteiger partial charge in [-0.3, -0.25) is 19.2 Å². The van der Waals surface area contributed by atoms with Crippen molar-refractivity contribution in [3.63, 3.8) is 0 Å². The number of hydrogen-bond acceptors (Lipinski definition) is 9. The molecule has 12 nitrogen and oxygen atoms in total. The molecule has 0 bridgehead atoms. The van der Waals surface area contributed by atoms with Crippen LogP contribution in [-0.2, 0) is 23.9 Å². The molecular weight excluding hydrogens is 668 g/mol. The van der Waals surface area contributed by atoms with Gasteiger partial charge in [0.15, 0.2) is 0 Å². The van der Waals surface area contributed by atoms with Crippen molar-refractivity contribution in [1.82, 2.24) is 10.6 Å². The van der Waals surface area contributed by atoms with Gasteiger partial charge in [0.25, 0.3) is 0 Å². The third kappa shape index (κ3) is 27.3. The van der Waals surface area contributed by atoms with Crippen LogP contribution in [0, 0.1) is 16.7 Å². The standard InChI is InChI=1S/2C20H39NO5/c1-4-5-6-7-8-9-10-11-12-15-26-17(23)13-14-21-19(25)18(24)20(2,3)16-22;1-4-5-6-7-8-9-10-11-12-13-16(19(25)26)14-21-18(24)17(23)20(2,3)15-22/h18,22,24H,4-16H2,1-3H3,(H,21,25);16-17,22-23H,4-15H2,1-3H3,(H,21,24)(H,25,26)/t18-;16-,17?/m01/s1. The quantitative estimate of drug-likeness (QED) is 0.0314. The minimum atomic E-state index is -1.37. The summed E-state index contributed by atoms with van der Waals surface area (Å²) in [7, 11) is 0. The van der Waals surface area contributed by atoms with E-state index in [1.165, 1.54) is 83.5 Å². The normalized spacial score (nSPS) is 13.3. The van der Waals surface area contributed by atoms with Gasteiger partial charge in [0.05, 0.1) is 32.2 Å². The third-order valence-electron chi connectivity index (χ3n) is 9.46. The number of aliphatic carboxylic acids is 1. The number of aliphatic hydroxyl groups is 4. The van der Waals surface area contributed by atoms with Gasteiger partial charge in [-0.05, 0) is 12.8 Å². The van der Waals surface area contributed by atoms with E-state index in [1.807, 2.05) is 0 Å². The molecule has 12 heteroatoms. The highest BCUT2D eigenvalue weighted by molar-refractivity contribution is 5.82. The summed E-state index contributed by atoms with van der Waals surface area (Å²) in [5, 5.41) is 52.4. The van der Waals surface area contributed by atoms with E-state index in [9.17, 15) is 39.6 Å². The van der Waals surface area contributed by atoms with Crippen molar-refractivity contribution in [1.29, 1.82) is 0 Å². The average Bonchev–Trinajstić information content (AvgIpc) is 3.12. The van der Waals surface area contributed by atoms with E-state index in [0.29, 0.717) is 13.0 Å². The van der Waals surface area contributed by atoms with E-state index in [2.05, 4.69) is 24.5 Å². The maximum Gasteiger partial charge on any atom is 0.308 e. The minimum absolute atomic E-state index is 0.00372. The number of carbonyl (C=O) groups excluding carboxylic acids is 3. The highest BCUT2D eigenvalue weighted by Gasteiger charge is 2.34. The molecule has 0 aromatic rings. The second-order valence-electron chi connectivity index (χ2n) is 15.6. The van der Waals surface area contributed by atoms with Crippen LogP contribution in [-0.4, -0.2) is 94.4 Å². The molecule has 3 atom stereocenters. The van der Waals surface area contributed by atoms with Crippen LogP contribution in [0.1, 0.15) is 170 Å². The Morgan fingerprint density at radius 2 is 0.981 bits per heavy atom. The number of nitrogens with one attached hydrogen (secondary N) is 2. The zero-order valence-electron chi connectivity index (χ0n) is 33.7. The number of rotatable bonds is 32. The number of carboxylic acids is 1. The first kappa shape index (κ1) is 51.8. The lowest BCUT2D eigenvalue weighted by Gasteiger charge is -2.27. The fraction of sp³-hybridized carbons (Fsp3) is 0.900. The SMILES string of the molecule is CCCCCCCCCCCOC(=O)CCNC(=O)[C@H](O)C(C)(C)CO.CCCCCCCCCCC[C@H](CNC(=O)C(O)C(C)(C)CO)C(=O)O. The van der Waals surface area contributed by atoms with Gasteiger partial charge in [-0.15, -0.1) is 0 Å². The van der Waals surface area contributed by atoms with E-state index in [4.69, 9.17) is 9.84 Å². The molecule has 0 heterocycles. The van der Waals surface area contributed by atoms with E-state index in [1.54, 1.807) is 27.7 Å². The van der Waals surface area contributed by atoms with Gasteiger partial charge in [-0.2, -0.15) is 0 Å². The Morgan fingerprint density at radius 3 is 1.38 bits per heavy atom. The van der Waals surface area contributed by atoms with E-state index in [0.717, 1.165) is 32.1 Å². The van der Waals surface area contributed by atoms with Crippen molar-refractivity contribution in [3.8, 4) is 0 Å². The van der Waals surface area contributed by atoms with E-state index in [-0.39, 0.29) is 38.7 Å². The van der Waals surface area contributed by atoms with Crippen molar-refractivity contribution in [2.24, 2.45) is 16.7 Å². The topological polar surface area (TPSA) is 203 Å². The number of amides is 2. The van der Waals surface area contributed by atoms with Gasteiger partial charge >= 0.3 is 11.9 Å². The van der Waals surface area contributed by atoms with E-state index >= 15 is 0 Å². The van der Waals surface area contributed by atoms with Crippen LogP contribution in [0.5, 0.6) is 0 Å². The molecule has 0 saturated heterocycles. The lowest BCUT2D eigenvalue weighted by molar-refractivity contribution is -0.145. The molecule has 0 aliphatic carbocycles. The molecule has 308 valence electrons. The second-order valence-corrected chi connectivity index (χ2v) is 15.6. The highest BCUT2D eigenvalue weighted by Crippen LogP contribution is 2.21. The van der Waals surface area contributed by atoms with Crippen molar-refractivity contribution in [2.45, 2.75) is 182 Å². The number of aliphatic hydroxyl groups excluding tert-OH is 4. The van der Waals surface area contributed by atoms with Crippen LogP contribution in [0.4, 0.5) is 0 Å². The molecule has 0 aromatic heterocycles. The van der Waals surface area contributed by atoms with Crippen LogP contribution in [0.3, 0.4) is 0 Å². The molecule has 0 saturated carbocycles. The number of carboxylic acid groups (broad SMARTS) is 1. The molecule has 52 heavy (non-hydrogen) atoms. The van der Waals surface area contributed by atoms with Gasteiger partial charge in [0, 0.05) is 23.9 Å². The predicted octanol–water partition coefficient (Wildman–Crippen LogP) is 6.05. The smallest absolute Gasteiger partial charge is 0.308 e. The summed E-state index contributed by atoms with van der Waals surface area (Å²) in [5.74, 6) is -3.15. The van der Waals surface area contributed by atoms with Crippen molar-refractivity contribution < 1.29 is 49.4 Å². The van der Waals surface area contributed by atoms with Crippen LogP contribution >= 0.6 is 0 Å². The molecular formula is C40H78N2O10. The summed E-state index contributed by atoms with van der Waals surface area (Å²) in [6, 6.07) is 0. The van der Waals surface area contributed by atoms with Crippen molar-refractivity contribution >= 4 is 23.8 Å². The Kier molecular flexibility index (Phi) is 32.1. The predicted molar refractivity (Wildman–Crippen MR) is 206 cm³/mol. The van der Waals surface area contributed by atoms with Gasteiger partial charge in [0.2, 0.25) is 11.8 Å². The van der Waals surface area contributed by atoms with Crippen molar-refractivity contribution in [3.05, 3.63) is 0 Å². The molecule has 0 spiro atoms. The Balaban J connectivity index is 0. The van der Waals surface area contributed by atoms with Gasteiger partial charge in [0.1, 0.15) is 12.2 Å². The first-order valence-electron chi connectivity index (χ1n) is 20.1. The zero-order valence-corrected chi connectivity index (χ0v) is 33.7. The average molecular weight is 747 g/mol. The Labute approximate surface area is 315 Å². The number of hydrogen-bond donors (Lipinski definition) is 7. The van der Waals surface area contributed by atoms with Gasteiger partial charge in [-0.1, -0.05) is 151 Å². The number of ether oxygens (including phenoxy) is 1. The fourth-order valence-electron chi connectivity index (χ4n) is 5.27. The molecule has 0 rings (SSSR count). The minimum Gasteiger partial charge on any atom is -0.481 e. The molecule has 1 unspecified atom stereocenters. The zero-order chi connectivity index (χ0) is 39.8. The summed E-state index contributed by atoms with van der Waals surface area (Å²) in [6.07, 6.45) is 19.4. The molecule has 0 fully saturated rings. The molecule has 7 N–H and O–H groups in total. The largest absolute Gasteiger partial charge is 0.481 e.